The summed E-state index contributed by atoms with van der Waals surface area (Å²) in [5.74, 6) is 1.09. The number of aromatic nitrogens is 3. The molecule has 0 atom stereocenters. The zero-order valence-electron chi connectivity index (χ0n) is 10.6. The molecule has 5 nitrogen and oxygen atoms in total. The fourth-order valence-corrected chi connectivity index (χ4v) is 1.91. The summed E-state index contributed by atoms with van der Waals surface area (Å²) >= 11 is 0. The standard InChI is InChI=1S/C12H19N5/c1-10-7-11-14-9-15-17(11)12(8-10)16(3)6-4-5-13-2/h7-9,13H,4-6H2,1-3H3. The third kappa shape index (κ3) is 2.55. The van der Waals surface area contributed by atoms with Gasteiger partial charge in [-0.1, -0.05) is 0 Å². The number of hydrogen-bond donors (Lipinski definition) is 1. The molecule has 0 fully saturated rings. The average molecular weight is 233 g/mol. The minimum Gasteiger partial charge on any atom is -0.360 e. The van der Waals surface area contributed by atoms with Gasteiger partial charge in [0.1, 0.15) is 12.1 Å². The molecule has 5 heteroatoms. The molecular weight excluding hydrogens is 214 g/mol. The summed E-state index contributed by atoms with van der Waals surface area (Å²) in [6, 6.07) is 4.18. The Morgan fingerprint density at radius 3 is 3.00 bits per heavy atom. The van der Waals surface area contributed by atoms with Gasteiger partial charge in [0.05, 0.1) is 0 Å². The highest BCUT2D eigenvalue weighted by Gasteiger charge is 2.08. The Morgan fingerprint density at radius 2 is 2.24 bits per heavy atom. The van der Waals surface area contributed by atoms with Crippen molar-refractivity contribution in [1.29, 1.82) is 0 Å². The van der Waals surface area contributed by atoms with Gasteiger partial charge in [0.25, 0.3) is 0 Å². The molecule has 0 spiro atoms. The van der Waals surface area contributed by atoms with Crippen molar-refractivity contribution in [1.82, 2.24) is 19.9 Å². The van der Waals surface area contributed by atoms with Crippen molar-refractivity contribution in [3.8, 4) is 0 Å². The normalized spacial score (nSPS) is 11.0. The number of pyridine rings is 1. The predicted octanol–water partition coefficient (Wildman–Crippen LogP) is 1.08. The van der Waals surface area contributed by atoms with E-state index in [0.29, 0.717) is 0 Å². The third-order valence-electron chi connectivity index (χ3n) is 2.82. The molecule has 0 aliphatic carbocycles. The van der Waals surface area contributed by atoms with Crippen molar-refractivity contribution in [3.63, 3.8) is 0 Å². The summed E-state index contributed by atoms with van der Waals surface area (Å²) in [5.41, 5.74) is 2.11. The van der Waals surface area contributed by atoms with Crippen LogP contribution in [0.25, 0.3) is 5.65 Å². The van der Waals surface area contributed by atoms with Gasteiger partial charge in [0, 0.05) is 13.6 Å². The van der Waals surface area contributed by atoms with Crippen molar-refractivity contribution in [2.45, 2.75) is 13.3 Å². The van der Waals surface area contributed by atoms with E-state index in [1.807, 2.05) is 17.6 Å². The van der Waals surface area contributed by atoms with Gasteiger partial charge in [-0.15, -0.1) is 0 Å². The number of aryl methyl sites for hydroxylation is 1. The number of hydrogen-bond acceptors (Lipinski definition) is 4. The Balaban J connectivity index is 2.24. The maximum Gasteiger partial charge on any atom is 0.157 e. The maximum atomic E-state index is 4.26. The van der Waals surface area contributed by atoms with E-state index in [0.717, 1.165) is 31.0 Å². The van der Waals surface area contributed by atoms with E-state index in [4.69, 9.17) is 0 Å². The predicted molar refractivity (Wildman–Crippen MR) is 69.5 cm³/mol. The zero-order valence-corrected chi connectivity index (χ0v) is 10.6. The van der Waals surface area contributed by atoms with E-state index in [1.54, 1.807) is 6.33 Å². The van der Waals surface area contributed by atoms with Gasteiger partial charge in [-0.2, -0.15) is 9.61 Å². The summed E-state index contributed by atoms with van der Waals surface area (Å²) in [6.45, 7) is 4.11. The number of fused-ring (bicyclic) bond motifs is 1. The van der Waals surface area contributed by atoms with Crippen LogP contribution in [-0.2, 0) is 0 Å². The van der Waals surface area contributed by atoms with E-state index in [1.165, 1.54) is 5.56 Å². The van der Waals surface area contributed by atoms with Crippen molar-refractivity contribution in [3.05, 3.63) is 24.0 Å². The Hall–Kier alpha value is -1.62. The highest BCUT2D eigenvalue weighted by Crippen LogP contribution is 2.16. The van der Waals surface area contributed by atoms with E-state index in [2.05, 4.69) is 40.3 Å². The van der Waals surface area contributed by atoms with Crippen LogP contribution in [0, 0.1) is 6.92 Å². The lowest BCUT2D eigenvalue weighted by Gasteiger charge is -2.20. The Labute approximate surface area is 101 Å². The molecule has 0 bridgehead atoms. The molecule has 0 saturated heterocycles. The van der Waals surface area contributed by atoms with Crippen molar-refractivity contribution < 1.29 is 0 Å². The van der Waals surface area contributed by atoms with Crippen LogP contribution in [0.1, 0.15) is 12.0 Å². The molecule has 2 heterocycles. The lowest BCUT2D eigenvalue weighted by atomic mass is 10.2. The van der Waals surface area contributed by atoms with Crippen molar-refractivity contribution in [2.24, 2.45) is 0 Å². The highest BCUT2D eigenvalue weighted by molar-refractivity contribution is 5.52. The number of nitrogens with one attached hydrogen (secondary N) is 1. The first kappa shape index (κ1) is 11.9. The third-order valence-corrected chi connectivity index (χ3v) is 2.82. The first-order valence-electron chi connectivity index (χ1n) is 5.88. The van der Waals surface area contributed by atoms with Crippen LogP contribution in [0.2, 0.25) is 0 Å². The van der Waals surface area contributed by atoms with Gasteiger partial charge in [0.2, 0.25) is 0 Å². The lowest BCUT2D eigenvalue weighted by Crippen LogP contribution is -2.24. The first-order chi connectivity index (χ1) is 8.22. The minimum atomic E-state index is 0.903. The number of rotatable bonds is 5. The topological polar surface area (TPSA) is 45.5 Å². The van der Waals surface area contributed by atoms with Crippen LogP contribution >= 0.6 is 0 Å². The SMILES string of the molecule is CNCCCN(C)c1cc(C)cc2ncnn12. The summed E-state index contributed by atoms with van der Waals surface area (Å²) in [7, 11) is 4.06. The molecule has 2 aromatic rings. The number of nitrogens with zero attached hydrogens (tertiary/aromatic N) is 4. The second-order valence-corrected chi connectivity index (χ2v) is 4.30. The summed E-state index contributed by atoms with van der Waals surface area (Å²) in [6.07, 6.45) is 2.71. The van der Waals surface area contributed by atoms with Crippen LogP contribution in [0.3, 0.4) is 0 Å². The smallest absolute Gasteiger partial charge is 0.157 e. The second kappa shape index (κ2) is 5.14. The van der Waals surface area contributed by atoms with E-state index in [9.17, 15) is 0 Å². The molecule has 17 heavy (non-hydrogen) atoms. The van der Waals surface area contributed by atoms with Crippen LogP contribution < -0.4 is 10.2 Å². The van der Waals surface area contributed by atoms with E-state index in [-0.39, 0.29) is 0 Å². The van der Waals surface area contributed by atoms with Crippen LogP contribution in [0.4, 0.5) is 5.82 Å². The molecule has 0 aromatic carbocycles. The Morgan fingerprint density at radius 1 is 1.41 bits per heavy atom. The molecule has 1 N–H and O–H groups in total. The molecule has 0 saturated carbocycles. The van der Waals surface area contributed by atoms with Gasteiger partial charge in [0.15, 0.2) is 5.65 Å². The van der Waals surface area contributed by atoms with Gasteiger partial charge in [-0.25, -0.2) is 4.98 Å². The molecule has 0 amide bonds. The van der Waals surface area contributed by atoms with Crippen LogP contribution in [0.15, 0.2) is 18.5 Å². The molecule has 2 aromatic heterocycles. The van der Waals surface area contributed by atoms with Crippen molar-refractivity contribution >= 4 is 11.5 Å². The van der Waals surface area contributed by atoms with Gasteiger partial charge in [-0.3, -0.25) is 0 Å². The van der Waals surface area contributed by atoms with E-state index < -0.39 is 0 Å². The molecule has 2 rings (SSSR count). The van der Waals surface area contributed by atoms with E-state index >= 15 is 0 Å². The maximum absolute atomic E-state index is 4.26. The molecule has 0 aliphatic rings. The monoisotopic (exact) mass is 233 g/mol. The summed E-state index contributed by atoms with van der Waals surface area (Å²) < 4.78 is 1.88. The largest absolute Gasteiger partial charge is 0.360 e. The summed E-state index contributed by atoms with van der Waals surface area (Å²) in [5, 5.41) is 7.41. The van der Waals surface area contributed by atoms with Gasteiger partial charge < -0.3 is 10.2 Å². The second-order valence-electron chi connectivity index (χ2n) is 4.30. The Kier molecular flexibility index (Phi) is 3.58. The zero-order chi connectivity index (χ0) is 12.3. The van der Waals surface area contributed by atoms with Crippen LogP contribution in [-0.4, -0.2) is 41.8 Å². The molecule has 92 valence electrons. The molecule has 0 unspecified atom stereocenters. The summed E-state index contributed by atoms with van der Waals surface area (Å²) in [4.78, 5) is 6.45. The first-order valence-corrected chi connectivity index (χ1v) is 5.88. The molecule has 0 aliphatic heterocycles. The highest BCUT2D eigenvalue weighted by atomic mass is 15.4. The van der Waals surface area contributed by atoms with Crippen LogP contribution in [0.5, 0.6) is 0 Å². The quantitative estimate of drug-likeness (QED) is 0.785. The number of anilines is 1. The average Bonchev–Trinajstić information content (AvgIpc) is 2.75. The molecular formula is C12H19N5. The Bertz CT molecular complexity index is 491. The fourth-order valence-electron chi connectivity index (χ4n) is 1.91. The van der Waals surface area contributed by atoms with Crippen molar-refractivity contribution in [2.75, 3.05) is 32.1 Å². The fraction of sp³-hybridized carbons (Fsp3) is 0.500. The molecule has 0 radical (unpaired) electrons. The van der Waals surface area contributed by atoms with Gasteiger partial charge in [-0.05, 0) is 44.6 Å². The lowest BCUT2D eigenvalue weighted by molar-refractivity contribution is 0.703. The van der Waals surface area contributed by atoms with Gasteiger partial charge >= 0.3 is 0 Å². The minimum absolute atomic E-state index is 0.903.